The lowest BCUT2D eigenvalue weighted by Gasteiger charge is -2.19. The van der Waals surface area contributed by atoms with Gasteiger partial charge in [0.05, 0.1) is 5.69 Å². The highest BCUT2D eigenvalue weighted by atomic mass is 15.1. The number of H-pyrrole nitrogens is 1. The molecule has 4 nitrogen and oxygen atoms in total. The van der Waals surface area contributed by atoms with Crippen LogP contribution in [0.5, 0.6) is 0 Å². The summed E-state index contributed by atoms with van der Waals surface area (Å²) in [6, 6.07) is 6.58. The lowest BCUT2D eigenvalue weighted by molar-refractivity contribution is 0.485. The largest absolute Gasteiger partial charge is 0.302 e. The summed E-state index contributed by atoms with van der Waals surface area (Å²) in [7, 11) is 0. The van der Waals surface area contributed by atoms with Crippen LogP contribution in [0.3, 0.4) is 0 Å². The second-order valence-corrected chi connectivity index (χ2v) is 3.90. The molecule has 2 aromatic rings. The van der Waals surface area contributed by atoms with Crippen LogP contribution in [0.4, 0.5) is 0 Å². The number of rotatable bonds is 4. The molecule has 0 saturated heterocycles. The third-order valence-electron chi connectivity index (χ3n) is 2.69. The number of hydrogen-bond acceptors (Lipinski definition) is 3. The quantitative estimate of drug-likeness (QED) is 0.824. The minimum atomic E-state index is 0.255. The summed E-state index contributed by atoms with van der Waals surface area (Å²) < 4.78 is 0. The van der Waals surface area contributed by atoms with Crippen LogP contribution in [0, 0.1) is 0 Å². The van der Waals surface area contributed by atoms with Crippen molar-refractivity contribution in [1.29, 1.82) is 0 Å². The first-order valence-corrected chi connectivity index (χ1v) is 5.42. The molecule has 0 fully saturated rings. The Morgan fingerprint density at radius 1 is 1.06 bits per heavy atom. The van der Waals surface area contributed by atoms with Gasteiger partial charge in [0.25, 0.3) is 0 Å². The molecule has 0 spiro atoms. The topological polar surface area (TPSA) is 53.6 Å². The highest BCUT2D eigenvalue weighted by Gasteiger charge is 2.11. The van der Waals surface area contributed by atoms with E-state index in [0.29, 0.717) is 6.04 Å². The van der Waals surface area contributed by atoms with Gasteiger partial charge < -0.3 is 5.32 Å². The highest BCUT2D eigenvalue weighted by molar-refractivity contribution is 5.15. The fraction of sp³-hybridized carbons (Fsp3) is 0.333. The van der Waals surface area contributed by atoms with Gasteiger partial charge >= 0.3 is 0 Å². The van der Waals surface area contributed by atoms with Crippen molar-refractivity contribution in [2.75, 3.05) is 0 Å². The molecule has 0 bridgehead atoms. The molecule has 0 amide bonds. The first-order valence-electron chi connectivity index (χ1n) is 5.42. The average Bonchev–Trinajstić information content (AvgIpc) is 2.83. The Morgan fingerprint density at radius 2 is 1.81 bits per heavy atom. The SMILES string of the molecule is CC(NC(C)c1ccn[nH]1)c1ccncc1. The van der Waals surface area contributed by atoms with E-state index in [-0.39, 0.29) is 6.04 Å². The third kappa shape index (κ3) is 2.46. The summed E-state index contributed by atoms with van der Waals surface area (Å²) in [4.78, 5) is 4.01. The molecule has 2 aromatic heterocycles. The number of aromatic nitrogens is 3. The number of nitrogens with one attached hydrogen (secondary N) is 2. The molecule has 0 saturated carbocycles. The lowest BCUT2D eigenvalue weighted by atomic mass is 10.1. The number of aromatic amines is 1. The average molecular weight is 216 g/mol. The predicted molar refractivity (Wildman–Crippen MR) is 62.8 cm³/mol. The smallest absolute Gasteiger partial charge is 0.0518 e. The Labute approximate surface area is 95.1 Å². The summed E-state index contributed by atoms with van der Waals surface area (Å²) in [6.45, 7) is 4.26. The monoisotopic (exact) mass is 216 g/mol. The van der Waals surface area contributed by atoms with Crippen LogP contribution in [0.15, 0.2) is 36.8 Å². The summed E-state index contributed by atoms with van der Waals surface area (Å²) in [5, 5.41) is 10.4. The first-order chi connectivity index (χ1) is 7.77. The molecule has 0 aliphatic heterocycles. The van der Waals surface area contributed by atoms with E-state index in [9.17, 15) is 0 Å². The van der Waals surface area contributed by atoms with Crippen LogP contribution in [0.2, 0.25) is 0 Å². The van der Waals surface area contributed by atoms with Gasteiger partial charge in [0, 0.05) is 30.7 Å². The Balaban J connectivity index is 2.00. The van der Waals surface area contributed by atoms with Crippen molar-refractivity contribution in [3.63, 3.8) is 0 Å². The Morgan fingerprint density at radius 3 is 2.44 bits per heavy atom. The molecule has 0 aliphatic carbocycles. The van der Waals surface area contributed by atoms with Crippen molar-refractivity contribution in [2.24, 2.45) is 0 Å². The van der Waals surface area contributed by atoms with Gasteiger partial charge in [0.1, 0.15) is 0 Å². The number of pyridine rings is 1. The van der Waals surface area contributed by atoms with Crippen LogP contribution >= 0.6 is 0 Å². The zero-order chi connectivity index (χ0) is 11.4. The summed E-state index contributed by atoms with van der Waals surface area (Å²) in [6.07, 6.45) is 5.40. The molecule has 16 heavy (non-hydrogen) atoms. The van der Waals surface area contributed by atoms with Crippen molar-refractivity contribution in [1.82, 2.24) is 20.5 Å². The fourth-order valence-electron chi connectivity index (χ4n) is 1.72. The molecule has 84 valence electrons. The Kier molecular flexibility index (Phi) is 3.31. The maximum absolute atomic E-state index is 4.01. The van der Waals surface area contributed by atoms with E-state index in [0.717, 1.165) is 5.69 Å². The van der Waals surface area contributed by atoms with Crippen LogP contribution in [-0.4, -0.2) is 15.2 Å². The van der Waals surface area contributed by atoms with Gasteiger partial charge in [-0.15, -0.1) is 0 Å². The molecule has 2 N–H and O–H groups in total. The second-order valence-electron chi connectivity index (χ2n) is 3.90. The van der Waals surface area contributed by atoms with Gasteiger partial charge in [-0.25, -0.2) is 0 Å². The van der Waals surface area contributed by atoms with E-state index in [1.54, 1.807) is 6.20 Å². The van der Waals surface area contributed by atoms with E-state index >= 15 is 0 Å². The van der Waals surface area contributed by atoms with Gasteiger partial charge in [-0.1, -0.05) is 0 Å². The fourth-order valence-corrected chi connectivity index (χ4v) is 1.72. The standard InChI is InChI=1S/C12H16N4/c1-9(11-3-6-13-7-4-11)15-10(2)12-5-8-14-16-12/h3-10,15H,1-2H3,(H,14,16). The molecule has 0 aliphatic rings. The Bertz CT molecular complexity index is 410. The Hall–Kier alpha value is -1.68. The first kappa shape index (κ1) is 10.8. The van der Waals surface area contributed by atoms with E-state index in [2.05, 4.69) is 34.3 Å². The summed E-state index contributed by atoms with van der Waals surface area (Å²) >= 11 is 0. The molecule has 2 heterocycles. The molecule has 2 atom stereocenters. The maximum atomic E-state index is 4.01. The second kappa shape index (κ2) is 4.90. The van der Waals surface area contributed by atoms with E-state index in [4.69, 9.17) is 0 Å². The zero-order valence-corrected chi connectivity index (χ0v) is 9.51. The molecular weight excluding hydrogens is 200 g/mol. The van der Waals surface area contributed by atoms with Gasteiger partial charge in [-0.3, -0.25) is 10.1 Å². The maximum Gasteiger partial charge on any atom is 0.0518 e. The van der Waals surface area contributed by atoms with Crippen molar-refractivity contribution in [3.8, 4) is 0 Å². The normalized spacial score (nSPS) is 14.6. The highest BCUT2D eigenvalue weighted by Crippen LogP contribution is 2.16. The van der Waals surface area contributed by atoms with Crippen LogP contribution in [-0.2, 0) is 0 Å². The van der Waals surface area contributed by atoms with Crippen molar-refractivity contribution in [3.05, 3.63) is 48.0 Å². The van der Waals surface area contributed by atoms with E-state index < -0.39 is 0 Å². The zero-order valence-electron chi connectivity index (χ0n) is 9.51. The van der Waals surface area contributed by atoms with Gasteiger partial charge in [0.15, 0.2) is 0 Å². The van der Waals surface area contributed by atoms with Gasteiger partial charge in [0.2, 0.25) is 0 Å². The minimum absolute atomic E-state index is 0.255. The lowest BCUT2D eigenvalue weighted by Crippen LogP contribution is -2.22. The van der Waals surface area contributed by atoms with Crippen molar-refractivity contribution >= 4 is 0 Å². The molecule has 2 rings (SSSR count). The summed E-state index contributed by atoms with van der Waals surface area (Å²) in [5.41, 5.74) is 2.34. The molecule has 0 aromatic carbocycles. The van der Waals surface area contributed by atoms with Gasteiger partial charge in [-0.05, 0) is 37.6 Å². The van der Waals surface area contributed by atoms with Crippen LogP contribution in [0.1, 0.15) is 37.2 Å². The van der Waals surface area contributed by atoms with Crippen LogP contribution < -0.4 is 5.32 Å². The van der Waals surface area contributed by atoms with Crippen LogP contribution in [0.25, 0.3) is 0 Å². The number of nitrogens with zero attached hydrogens (tertiary/aromatic N) is 2. The third-order valence-corrected chi connectivity index (χ3v) is 2.69. The van der Waals surface area contributed by atoms with E-state index in [1.165, 1.54) is 5.56 Å². The predicted octanol–water partition coefficient (Wildman–Crippen LogP) is 2.22. The molecule has 4 heteroatoms. The minimum Gasteiger partial charge on any atom is -0.302 e. The van der Waals surface area contributed by atoms with Gasteiger partial charge in [-0.2, -0.15) is 5.10 Å². The van der Waals surface area contributed by atoms with Crippen molar-refractivity contribution in [2.45, 2.75) is 25.9 Å². The van der Waals surface area contributed by atoms with E-state index in [1.807, 2.05) is 30.6 Å². The molecular formula is C12H16N4. The van der Waals surface area contributed by atoms with Crippen molar-refractivity contribution < 1.29 is 0 Å². The number of hydrogen-bond donors (Lipinski definition) is 2. The molecule has 2 unspecified atom stereocenters. The molecule has 0 radical (unpaired) electrons. The summed E-state index contributed by atoms with van der Waals surface area (Å²) in [5.74, 6) is 0.